The van der Waals surface area contributed by atoms with Crippen molar-refractivity contribution in [2.75, 3.05) is 0 Å². The lowest BCUT2D eigenvalue weighted by Crippen LogP contribution is -2.87. The Morgan fingerprint density at radius 3 is 1.67 bits per heavy atom. The highest BCUT2D eigenvalue weighted by Crippen LogP contribution is 2.67. The van der Waals surface area contributed by atoms with Gasteiger partial charge in [-0.2, -0.15) is 43.9 Å². The summed E-state index contributed by atoms with van der Waals surface area (Å²) in [7, 11) is 0. The largest absolute Gasteiger partial charge is 0.449 e. The number of hydrogen-bond donors (Lipinski definition) is 1. The van der Waals surface area contributed by atoms with Gasteiger partial charge in [0.1, 0.15) is 0 Å². The Morgan fingerprint density at radius 1 is 0.933 bits per heavy atom. The van der Waals surface area contributed by atoms with Gasteiger partial charge in [0.15, 0.2) is 0 Å². The lowest BCUT2D eigenvalue weighted by Gasteiger charge is -2.59. The Bertz CT molecular complexity index is 646. The van der Waals surface area contributed by atoms with E-state index in [0.717, 1.165) is 13.8 Å². The summed E-state index contributed by atoms with van der Waals surface area (Å²) in [5.74, 6) is -20.2. The fourth-order valence-electron chi connectivity index (χ4n) is 2.84. The molecular weight excluding hydrogens is 446 g/mol. The van der Waals surface area contributed by atoms with E-state index in [2.05, 4.69) is 9.47 Å². The maximum atomic E-state index is 15.1. The third-order valence-corrected chi connectivity index (χ3v) is 5.52. The first-order chi connectivity index (χ1) is 13.0. The van der Waals surface area contributed by atoms with Gasteiger partial charge in [-0.15, -0.1) is 0 Å². The zero-order valence-corrected chi connectivity index (χ0v) is 16.4. The summed E-state index contributed by atoms with van der Waals surface area (Å²) in [6.45, 7) is 2.99. The molecule has 3 unspecified atom stereocenters. The molecule has 1 heterocycles. The molecule has 4 nitrogen and oxygen atoms in total. The zero-order valence-electron chi connectivity index (χ0n) is 16.4. The van der Waals surface area contributed by atoms with Crippen LogP contribution in [0, 0.1) is 5.41 Å². The van der Waals surface area contributed by atoms with Crippen molar-refractivity contribution in [3.63, 3.8) is 0 Å². The minimum Gasteiger partial charge on any atom is -0.445 e. The molecule has 178 valence electrons. The molecule has 1 N–H and O–H groups in total. The Morgan fingerprint density at radius 2 is 1.37 bits per heavy atom. The number of carbonyl (C=O) groups is 1. The predicted molar refractivity (Wildman–Crippen MR) is 79.6 cm³/mol. The van der Waals surface area contributed by atoms with Crippen LogP contribution in [0.2, 0.25) is 0 Å². The van der Waals surface area contributed by atoms with E-state index in [1.54, 1.807) is 0 Å². The van der Waals surface area contributed by atoms with Crippen molar-refractivity contribution < 1.29 is 63.3 Å². The Hall–Kier alpha value is -1.31. The lowest BCUT2D eigenvalue weighted by molar-refractivity contribution is -0.555. The summed E-state index contributed by atoms with van der Waals surface area (Å²) < 4.78 is 147. The number of halogens is 10. The molecule has 1 aliphatic heterocycles. The molecule has 30 heavy (non-hydrogen) atoms. The van der Waals surface area contributed by atoms with Crippen LogP contribution in [0.3, 0.4) is 0 Å². The number of carbonyl (C=O) groups excluding carboxylic acids is 1. The van der Waals surface area contributed by atoms with Crippen LogP contribution in [0.15, 0.2) is 0 Å². The second-order valence-corrected chi connectivity index (χ2v) is 7.73. The lowest BCUT2D eigenvalue weighted by atomic mass is 9.70. The Labute approximate surface area is 164 Å². The molecule has 0 amide bonds. The fraction of sp³-hybridized carbons (Fsp3) is 0.938. The smallest absolute Gasteiger partial charge is 0.445 e. The van der Waals surface area contributed by atoms with E-state index in [0.29, 0.717) is 6.92 Å². The van der Waals surface area contributed by atoms with Gasteiger partial charge in [-0.1, -0.05) is 13.8 Å². The first kappa shape index (κ1) is 26.7. The molecule has 14 heteroatoms. The number of esters is 1. The van der Waals surface area contributed by atoms with Crippen molar-refractivity contribution in [1.29, 1.82) is 0 Å². The van der Waals surface area contributed by atoms with Gasteiger partial charge < -0.3 is 14.6 Å². The van der Waals surface area contributed by atoms with E-state index in [-0.39, 0.29) is 6.42 Å². The highest BCUT2D eigenvalue weighted by atomic mass is 19.4. The first-order valence-corrected chi connectivity index (χ1v) is 8.51. The average Bonchev–Trinajstić information content (AvgIpc) is 2.55. The van der Waals surface area contributed by atoms with Gasteiger partial charge >= 0.3 is 36.0 Å². The standard InChI is InChI=1S/C16H20F10O4/c1-6-9(3,4)8(27)29-11(7-2)12(17,18)10(5,15(21,22)23)30-14(28,13(11,19)20)16(24,25)26/h28H,6-7H2,1-5H3. The number of alkyl halides is 10. The van der Waals surface area contributed by atoms with Gasteiger partial charge in [0, 0.05) is 0 Å². The average molecular weight is 466 g/mol. The molecule has 1 aliphatic rings. The van der Waals surface area contributed by atoms with Crippen molar-refractivity contribution in [3.8, 4) is 0 Å². The second kappa shape index (κ2) is 6.84. The summed E-state index contributed by atoms with van der Waals surface area (Å²) in [5.41, 5.74) is -12.2. The predicted octanol–water partition coefficient (Wildman–Crippen LogP) is 4.99. The minimum absolute atomic E-state index is 0.251. The Kier molecular flexibility index (Phi) is 6.10. The van der Waals surface area contributed by atoms with E-state index in [4.69, 9.17) is 0 Å². The van der Waals surface area contributed by atoms with Gasteiger partial charge in [0.05, 0.1) is 5.41 Å². The molecule has 0 aliphatic carbocycles. The third-order valence-electron chi connectivity index (χ3n) is 5.52. The zero-order chi connectivity index (χ0) is 24.4. The number of aliphatic hydroxyl groups is 1. The van der Waals surface area contributed by atoms with Crippen LogP contribution in [0.25, 0.3) is 0 Å². The summed E-state index contributed by atoms with van der Waals surface area (Å²) in [4.78, 5) is 12.3. The molecule has 0 aromatic heterocycles. The third kappa shape index (κ3) is 3.07. The molecule has 1 rings (SSSR count). The molecule has 0 aromatic rings. The molecule has 3 atom stereocenters. The Balaban J connectivity index is 4.04. The number of hydrogen-bond acceptors (Lipinski definition) is 4. The van der Waals surface area contributed by atoms with Gasteiger partial charge in [-0.3, -0.25) is 4.79 Å². The van der Waals surface area contributed by atoms with Crippen molar-refractivity contribution in [3.05, 3.63) is 0 Å². The summed E-state index contributed by atoms with van der Waals surface area (Å²) in [6.07, 6.45) is -15.3. The normalized spacial score (nSPS) is 34.5. The molecule has 0 radical (unpaired) electrons. The van der Waals surface area contributed by atoms with E-state index in [1.165, 1.54) is 6.92 Å². The molecule has 1 fully saturated rings. The fourth-order valence-corrected chi connectivity index (χ4v) is 2.84. The van der Waals surface area contributed by atoms with Crippen LogP contribution in [-0.4, -0.2) is 52.3 Å². The second-order valence-electron chi connectivity index (χ2n) is 7.73. The van der Waals surface area contributed by atoms with Crippen molar-refractivity contribution in [2.24, 2.45) is 5.41 Å². The quantitative estimate of drug-likeness (QED) is 0.469. The molecule has 0 aromatic carbocycles. The molecule has 0 saturated carbocycles. The maximum Gasteiger partial charge on any atom is 0.449 e. The van der Waals surface area contributed by atoms with Gasteiger partial charge in [-0.25, -0.2) is 0 Å². The van der Waals surface area contributed by atoms with E-state index in [1.807, 2.05) is 0 Å². The van der Waals surface area contributed by atoms with E-state index in [9.17, 15) is 45.0 Å². The van der Waals surface area contributed by atoms with Crippen LogP contribution in [0.1, 0.15) is 47.5 Å². The van der Waals surface area contributed by atoms with Gasteiger partial charge in [0.25, 0.3) is 0 Å². The number of ether oxygens (including phenoxy) is 2. The molecule has 0 bridgehead atoms. The van der Waals surface area contributed by atoms with Crippen LogP contribution < -0.4 is 0 Å². The SMILES string of the molecule is CCC(C)(C)C(=O)OC1(CC)C(F)(F)C(C)(C(F)(F)F)OC(O)(C(F)(F)F)C1(F)F. The van der Waals surface area contributed by atoms with Gasteiger partial charge in [0.2, 0.25) is 11.2 Å². The summed E-state index contributed by atoms with van der Waals surface area (Å²) >= 11 is 0. The maximum absolute atomic E-state index is 15.1. The molecular formula is C16H20F10O4. The van der Waals surface area contributed by atoms with Crippen LogP contribution in [0.5, 0.6) is 0 Å². The minimum atomic E-state index is -6.69. The van der Waals surface area contributed by atoms with Crippen molar-refractivity contribution >= 4 is 5.97 Å². The molecule has 1 saturated heterocycles. The molecule has 0 spiro atoms. The highest BCUT2D eigenvalue weighted by molar-refractivity contribution is 5.76. The number of rotatable bonds is 4. The summed E-state index contributed by atoms with van der Waals surface area (Å²) in [6, 6.07) is 0. The summed E-state index contributed by atoms with van der Waals surface area (Å²) in [5, 5.41) is 9.58. The van der Waals surface area contributed by atoms with Crippen molar-refractivity contribution in [1.82, 2.24) is 0 Å². The van der Waals surface area contributed by atoms with E-state index >= 15 is 8.78 Å². The van der Waals surface area contributed by atoms with Gasteiger partial charge in [-0.05, 0) is 33.6 Å². The highest BCUT2D eigenvalue weighted by Gasteiger charge is 2.95. The van der Waals surface area contributed by atoms with Crippen LogP contribution in [0.4, 0.5) is 43.9 Å². The van der Waals surface area contributed by atoms with Crippen molar-refractivity contribution in [2.45, 2.75) is 88.6 Å². The first-order valence-electron chi connectivity index (χ1n) is 8.51. The van der Waals surface area contributed by atoms with Crippen LogP contribution in [-0.2, 0) is 14.3 Å². The van der Waals surface area contributed by atoms with E-state index < -0.39 is 65.9 Å². The van der Waals surface area contributed by atoms with Crippen LogP contribution >= 0.6 is 0 Å². The monoisotopic (exact) mass is 466 g/mol. The topological polar surface area (TPSA) is 55.8 Å².